The minimum absolute atomic E-state index is 0.636. The van der Waals surface area contributed by atoms with E-state index in [9.17, 15) is 0 Å². The lowest BCUT2D eigenvalue weighted by atomic mass is 10.1. The second kappa shape index (κ2) is 4.16. The molecule has 2 rings (SSSR count). The van der Waals surface area contributed by atoms with Gasteiger partial charge in [-0.1, -0.05) is 18.2 Å². The van der Waals surface area contributed by atoms with Crippen molar-refractivity contribution in [3.63, 3.8) is 0 Å². The topological polar surface area (TPSA) is 9.23 Å². The minimum Gasteiger partial charge on any atom is -0.381 e. The molecule has 1 atom stereocenters. The molecule has 0 radical (unpaired) electrons. The monoisotopic (exact) mass is 194 g/mol. The minimum atomic E-state index is 0.636. The van der Waals surface area contributed by atoms with Crippen molar-refractivity contribution in [1.29, 1.82) is 0 Å². The van der Waals surface area contributed by atoms with E-state index in [1.54, 1.807) is 0 Å². The fourth-order valence-electron chi connectivity index (χ4n) is 1.60. The molecule has 0 bridgehead atoms. The molecule has 1 aliphatic heterocycles. The van der Waals surface area contributed by atoms with Crippen LogP contribution in [0.5, 0.6) is 0 Å². The van der Waals surface area contributed by atoms with Crippen LogP contribution in [0.25, 0.3) is 0 Å². The van der Waals surface area contributed by atoms with Crippen molar-refractivity contribution in [1.82, 2.24) is 0 Å². The second-order valence-corrected chi connectivity index (χ2v) is 4.55. The second-order valence-electron chi connectivity index (χ2n) is 3.21. The van der Waals surface area contributed by atoms with Crippen molar-refractivity contribution in [2.24, 2.45) is 0 Å². The largest absolute Gasteiger partial charge is 0.381 e. The van der Waals surface area contributed by atoms with Gasteiger partial charge in [-0.2, -0.15) is 0 Å². The summed E-state index contributed by atoms with van der Waals surface area (Å²) in [6, 6.07) is 8.64. The Kier molecular flexibility index (Phi) is 2.91. The fourth-order valence-corrected chi connectivity index (χ4v) is 2.84. The zero-order valence-corrected chi connectivity index (χ0v) is 8.64. The van der Waals surface area contributed by atoms with Crippen molar-refractivity contribution in [3.05, 3.63) is 29.8 Å². The molecular weight excluding hydrogens is 180 g/mol. The van der Waals surface area contributed by atoms with Gasteiger partial charge < -0.3 is 4.74 Å². The molecule has 0 saturated heterocycles. The molecular formula is C11H14OS. The third kappa shape index (κ3) is 2.06. The highest BCUT2D eigenvalue weighted by molar-refractivity contribution is 8.00. The van der Waals surface area contributed by atoms with Gasteiger partial charge in [-0.05, 0) is 25.0 Å². The molecule has 1 aliphatic rings. The van der Waals surface area contributed by atoms with Gasteiger partial charge in [0.05, 0.1) is 6.61 Å². The van der Waals surface area contributed by atoms with Gasteiger partial charge in [-0.25, -0.2) is 0 Å². The molecule has 0 spiro atoms. The Morgan fingerprint density at radius 3 is 3.08 bits per heavy atom. The van der Waals surface area contributed by atoms with E-state index < -0.39 is 0 Å². The molecule has 1 aromatic rings. The van der Waals surface area contributed by atoms with Crippen LogP contribution in [0, 0.1) is 0 Å². The average molecular weight is 194 g/mol. The van der Waals surface area contributed by atoms with E-state index >= 15 is 0 Å². The summed E-state index contributed by atoms with van der Waals surface area (Å²) in [4.78, 5) is 1.44. The Hall–Kier alpha value is -0.470. The van der Waals surface area contributed by atoms with Crippen LogP contribution in [0.4, 0.5) is 0 Å². The van der Waals surface area contributed by atoms with Crippen LogP contribution < -0.4 is 0 Å². The van der Waals surface area contributed by atoms with Crippen molar-refractivity contribution in [2.45, 2.75) is 23.5 Å². The molecule has 0 N–H and O–H groups in total. The van der Waals surface area contributed by atoms with E-state index in [2.05, 4.69) is 24.3 Å². The number of ether oxygens (including phenoxy) is 1. The first kappa shape index (κ1) is 9.10. The number of fused-ring (bicyclic) bond motifs is 1. The maximum absolute atomic E-state index is 5.43. The summed E-state index contributed by atoms with van der Waals surface area (Å²) in [7, 11) is 0. The van der Waals surface area contributed by atoms with E-state index in [0.29, 0.717) is 5.25 Å². The molecule has 1 heterocycles. The highest BCUT2D eigenvalue weighted by Gasteiger charge is 2.21. The van der Waals surface area contributed by atoms with Crippen LogP contribution in [-0.2, 0) is 11.2 Å². The Labute approximate surface area is 83.5 Å². The number of hydrogen-bond donors (Lipinski definition) is 0. The molecule has 0 aromatic heterocycles. The lowest BCUT2D eigenvalue weighted by molar-refractivity contribution is 0.149. The van der Waals surface area contributed by atoms with E-state index in [-0.39, 0.29) is 0 Å². The first-order valence-corrected chi connectivity index (χ1v) is 5.60. The first-order valence-electron chi connectivity index (χ1n) is 4.72. The highest BCUT2D eigenvalue weighted by atomic mass is 32.2. The molecule has 2 heteroatoms. The van der Waals surface area contributed by atoms with Gasteiger partial charge in [-0.3, -0.25) is 0 Å². The predicted molar refractivity (Wildman–Crippen MR) is 56.3 cm³/mol. The van der Waals surface area contributed by atoms with Gasteiger partial charge >= 0.3 is 0 Å². The van der Waals surface area contributed by atoms with Crippen molar-refractivity contribution in [3.8, 4) is 0 Å². The number of thioether (sulfide) groups is 1. The summed E-state index contributed by atoms with van der Waals surface area (Å²) in [5.41, 5.74) is 1.48. The van der Waals surface area contributed by atoms with Crippen molar-refractivity contribution in [2.75, 3.05) is 13.2 Å². The summed E-state index contributed by atoms with van der Waals surface area (Å²) < 4.78 is 5.43. The van der Waals surface area contributed by atoms with Crippen LogP contribution in [0.2, 0.25) is 0 Å². The molecule has 1 aromatic carbocycles. The molecule has 1 nitrogen and oxygen atoms in total. The molecule has 70 valence electrons. The molecule has 0 aliphatic carbocycles. The van der Waals surface area contributed by atoms with Crippen molar-refractivity contribution >= 4 is 11.8 Å². The van der Waals surface area contributed by atoms with Gasteiger partial charge in [0.15, 0.2) is 0 Å². The summed E-state index contributed by atoms with van der Waals surface area (Å²) >= 11 is 1.95. The molecule has 0 fully saturated rings. The standard InChI is InChI=1S/C11H14OS/c1-2-12-8-10-7-9-5-3-4-6-11(9)13-10/h3-6,10H,2,7-8H2,1H3. The zero-order chi connectivity index (χ0) is 9.10. The van der Waals surface area contributed by atoms with Crippen LogP contribution >= 0.6 is 11.8 Å². The van der Waals surface area contributed by atoms with E-state index in [0.717, 1.165) is 13.2 Å². The van der Waals surface area contributed by atoms with Gasteiger partial charge in [0.25, 0.3) is 0 Å². The smallest absolute Gasteiger partial charge is 0.0591 e. The molecule has 1 unspecified atom stereocenters. The highest BCUT2D eigenvalue weighted by Crippen LogP contribution is 2.36. The third-order valence-electron chi connectivity index (χ3n) is 2.22. The Morgan fingerprint density at radius 2 is 2.31 bits per heavy atom. The van der Waals surface area contributed by atoms with E-state index in [4.69, 9.17) is 4.74 Å². The Bertz CT molecular complexity index is 260. The predicted octanol–water partition coefficient (Wildman–Crippen LogP) is 2.74. The third-order valence-corrected chi connectivity index (χ3v) is 3.51. The lowest BCUT2D eigenvalue weighted by Gasteiger charge is -2.06. The summed E-state index contributed by atoms with van der Waals surface area (Å²) in [6.45, 7) is 3.76. The van der Waals surface area contributed by atoms with E-state index in [1.165, 1.54) is 16.9 Å². The van der Waals surface area contributed by atoms with Gasteiger partial charge in [-0.15, -0.1) is 11.8 Å². The average Bonchev–Trinajstić information content (AvgIpc) is 2.57. The van der Waals surface area contributed by atoms with Crippen LogP contribution in [0.3, 0.4) is 0 Å². The van der Waals surface area contributed by atoms with Gasteiger partial charge in [0.1, 0.15) is 0 Å². The molecule has 0 amide bonds. The number of hydrogen-bond acceptors (Lipinski definition) is 2. The van der Waals surface area contributed by atoms with Gasteiger partial charge in [0.2, 0.25) is 0 Å². The first-order chi connectivity index (χ1) is 6.40. The maximum Gasteiger partial charge on any atom is 0.0591 e. The zero-order valence-electron chi connectivity index (χ0n) is 7.82. The quantitative estimate of drug-likeness (QED) is 0.731. The fraction of sp³-hybridized carbons (Fsp3) is 0.455. The van der Waals surface area contributed by atoms with E-state index in [1.807, 2.05) is 18.7 Å². The summed E-state index contributed by atoms with van der Waals surface area (Å²) in [6.07, 6.45) is 1.17. The normalized spacial score (nSPS) is 20.2. The summed E-state index contributed by atoms with van der Waals surface area (Å²) in [5.74, 6) is 0. The van der Waals surface area contributed by atoms with Crippen molar-refractivity contribution < 1.29 is 4.74 Å². The molecule has 13 heavy (non-hydrogen) atoms. The van der Waals surface area contributed by atoms with Gasteiger partial charge in [0, 0.05) is 16.8 Å². The van der Waals surface area contributed by atoms with Crippen LogP contribution in [0.15, 0.2) is 29.2 Å². The van der Waals surface area contributed by atoms with Crippen LogP contribution in [-0.4, -0.2) is 18.5 Å². The number of rotatable bonds is 3. The lowest BCUT2D eigenvalue weighted by Crippen LogP contribution is -2.10. The Balaban J connectivity index is 1.97. The number of benzene rings is 1. The van der Waals surface area contributed by atoms with Crippen LogP contribution in [0.1, 0.15) is 12.5 Å². The summed E-state index contributed by atoms with van der Waals surface area (Å²) in [5, 5.41) is 0.636. The maximum atomic E-state index is 5.43. The molecule has 0 saturated carbocycles. The Morgan fingerprint density at radius 1 is 1.46 bits per heavy atom. The SMILES string of the molecule is CCOCC1Cc2ccccc2S1.